The van der Waals surface area contributed by atoms with E-state index in [4.69, 9.17) is 4.42 Å². The normalized spacial score (nSPS) is 15.5. The van der Waals surface area contributed by atoms with Crippen LogP contribution in [0.2, 0.25) is 0 Å². The molecule has 1 aliphatic rings. The van der Waals surface area contributed by atoms with Gasteiger partial charge in [-0.25, -0.2) is 0 Å². The van der Waals surface area contributed by atoms with Crippen LogP contribution in [0.4, 0.5) is 13.2 Å². The van der Waals surface area contributed by atoms with E-state index in [1.54, 1.807) is 17.0 Å². The van der Waals surface area contributed by atoms with Gasteiger partial charge in [0.1, 0.15) is 5.76 Å². The Kier molecular flexibility index (Phi) is 6.06. The number of carbonyl (C=O) groups is 2. The third-order valence-corrected chi connectivity index (χ3v) is 4.85. The van der Waals surface area contributed by atoms with E-state index in [0.717, 1.165) is 12.1 Å². The fourth-order valence-corrected chi connectivity index (χ4v) is 3.27. The number of halogens is 3. The number of piperidine rings is 1. The quantitative estimate of drug-likeness (QED) is 0.846. The average molecular weight is 394 g/mol. The lowest BCUT2D eigenvalue weighted by Crippen LogP contribution is -2.43. The van der Waals surface area contributed by atoms with Crippen molar-refractivity contribution in [3.8, 4) is 0 Å². The Bertz CT molecular complexity index is 810. The second-order valence-electron chi connectivity index (χ2n) is 6.83. The molecular weight excluding hydrogens is 373 g/mol. The van der Waals surface area contributed by atoms with Crippen molar-refractivity contribution < 1.29 is 27.2 Å². The predicted molar refractivity (Wildman–Crippen MR) is 95.0 cm³/mol. The lowest BCUT2D eigenvalue weighted by atomic mass is 9.95. The van der Waals surface area contributed by atoms with Crippen molar-refractivity contribution in [1.29, 1.82) is 0 Å². The highest BCUT2D eigenvalue weighted by Gasteiger charge is 2.31. The number of hydrogen-bond donors (Lipinski definition) is 1. The number of alkyl halides is 3. The molecule has 1 saturated heterocycles. The highest BCUT2D eigenvalue weighted by Crippen LogP contribution is 2.29. The van der Waals surface area contributed by atoms with Gasteiger partial charge in [-0.15, -0.1) is 0 Å². The fourth-order valence-electron chi connectivity index (χ4n) is 3.27. The average Bonchev–Trinajstić information content (AvgIpc) is 3.19. The summed E-state index contributed by atoms with van der Waals surface area (Å²) in [6.07, 6.45) is -1.92. The van der Waals surface area contributed by atoms with Gasteiger partial charge in [0.05, 0.1) is 24.8 Å². The molecule has 1 N–H and O–H groups in total. The van der Waals surface area contributed by atoms with Crippen LogP contribution in [-0.4, -0.2) is 29.8 Å². The lowest BCUT2D eigenvalue weighted by molar-refractivity contribution is -0.138. The van der Waals surface area contributed by atoms with E-state index in [2.05, 4.69) is 5.32 Å². The van der Waals surface area contributed by atoms with Crippen molar-refractivity contribution in [3.05, 3.63) is 59.5 Å². The SMILES string of the molecule is O=C(NCc1ccco1)C1CCN(C(=O)Cc2cccc(C(F)(F)F)c2)CC1. The third kappa shape index (κ3) is 5.15. The maximum atomic E-state index is 12.8. The molecule has 0 aliphatic carbocycles. The van der Waals surface area contributed by atoms with Crippen molar-refractivity contribution in [2.24, 2.45) is 5.92 Å². The van der Waals surface area contributed by atoms with Gasteiger partial charge in [0.25, 0.3) is 0 Å². The highest BCUT2D eigenvalue weighted by atomic mass is 19.4. The van der Waals surface area contributed by atoms with Gasteiger partial charge < -0.3 is 14.6 Å². The molecule has 2 heterocycles. The summed E-state index contributed by atoms with van der Waals surface area (Å²) in [4.78, 5) is 26.3. The van der Waals surface area contributed by atoms with Crippen LogP contribution in [0.25, 0.3) is 0 Å². The monoisotopic (exact) mass is 394 g/mol. The molecule has 0 spiro atoms. The largest absolute Gasteiger partial charge is 0.467 e. The molecule has 1 aromatic carbocycles. The molecule has 150 valence electrons. The van der Waals surface area contributed by atoms with Crippen LogP contribution in [0.3, 0.4) is 0 Å². The molecule has 2 amide bonds. The molecule has 0 bridgehead atoms. The van der Waals surface area contributed by atoms with Crippen LogP contribution in [0.15, 0.2) is 47.1 Å². The second-order valence-corrected chi connectivity index (χ2v) is 6.83. The van der Waals surface area contributed by atoms with E-state index in [1.807, 2.05) is 0 Å². The Morgan fingerprint density at radius 2 is 1.89 bits per heavy atom. The molecule has 28 heavy (non-hydrogen) atoms. The molecule has 1 aromatic heterocycles. The number of amides is 2. The van der Waals surface area contributed by atoms with E-state index in [0.29, 0.717) is 43.8 Å². The van der Waals surface area contributed by atoms with Crippen molar-refractivity contribution >= 4 is 11.8 Å². The van der Waals surface area contributed by atoms with Gasteiger partial charge in [0, 0.05) is 19.0 Å². The lowest BCUT2D eigenvalue weighted by Gasteiger charge is -2.31. The van der Waals surface area contributed by atoms with Crippen LogP contribution >= 0.6 is 0 Å². The minimum atomic E-state index is -4.43. The first-order valence-electron chi connectivity index (χ1n) is 9.07. The summed E-state index contributed by atoms with van der Waals surface area (Å²) >= 11 is 0. The Morgan fingerprint density at radius 3 is 2.54 bits per heavy atom. The molecule has 0 radical (unpaired) electrons. The summed E-state index contributed by atoms with van der Waals surface area (Å²) in [5.41, 5.74) is -0.428. The Balaban J connectivity index is 1.48. The number of benzene rings is 1. The summed E-state index contributed by atoms with van der Waals surface area (Å²) < 4.78 is 43.5. The summed E-state index contributed by atoms with van der Waals surface area (Å²) in [5, 5.41) is 2.82. The molecule has 2 aromatic rings. The molecule has 0 atom stereocenters. The Morgan fingerprint density at radius 1 is 1.14 bits per heavy atom. The van der Waals surface area contributed by atoms with E-state index < -0.39 is 11.7 Å². The van der Waals surface area contributed by atoms with Crippen LogP contribution in [0.5, 0.6) is 0 Å². The second kappa shape index (κ2) is 8.50. The fraction of sp³-hybridized carbons (Fsp3) is 0.400. The number of nitrogens with zero attached hydrogens (tertiary/aromatic N) is 1. The molecule has 3 rings (SSSR count). The molecule has 0 unspecified atom stereocenters. The number of nitrogens with one attached hydrogen (secondary N) is 1. The Hall–Kier alpha value is -2.77. The third-order valence-electron chi connectivity index (χ3n) is 4.85. The first-order valence-corrected chi connectivity index (χ1v) is 9.07. The summed E-state index contributed by atoms with van der Waals surface area (Å²) in [5.74, 6) is 0.171. The Labute approximate surface area is 160 Å². The smallest absolute Gasteiger partial charge is 0.416 e. The number of furan rings is 1. The van der Waals surface area contributed by atoms with Crippen LogP contribution in [0.1, 0.15) is 29.7 Å². The highest BCUT2D eigenvalue weighted by molar-refractivity contribution is 5.81. The molecule has 5 nitrogen and oxygen atoms in total. The first-order chi connectivity index (χ1) is 13.3. The maximum Gasteiger partial charge on any atom is 0.416 e. The van der Waals surface area contributed by atoms with Gasteiger partial charge >= 0.3 is 6.18 Å². The zero-order valence-electron chi connectivity index (χ0n) is 15.2. The van der Waals surface area contributed by atoms with E-state index in [1.165, 1.54) is 18.4 Å². The van der Waals surface area contributed by atoms with Crippen molar-refractivity contribution in [2.45, 2.75) is 32.0 Å². The molecule has 1 aliphatic heterocycles. The van der Waals surface area contributed by atoms with Crippen LogP contribution in [-0.2, 0) is 28.7 Å². The van der Waals surface area contributed by atoms with Gasteiger partial charge in [-0.1, -0.05) is 18.2 Å². The molecular formula is C20H21F3N2O3. The molecule has 0 saturated carbocycles. The number of likely N-dealkylation sites (tertiary alicyclic amines) is 1. The predicted octanol–water partition coefficient (Wildman–Crippen LogP) is 3.40. The van der Waals surface area contributed by atoms with Gasteiger partial charge in [0.15, 0.2) is 0 Å². The number of rotatable bonds is 5. The zero-order chi connectivity index (χ0) is 20.1. The van der Waals surface area contributed by atoms with Gasteiger partial charge in [0.2, 0.25) is 11.8 Å². The zero-order valence-corrected chi connectivity index (χ0v) is 15.2. The van der Waals surface area contributed by atoms with E-state index >= 15 is 0 Å². The molecule has 8 heteroatoms. The molecule has 1 fully saturated rings. The summed E-state index contributed by atoms with van der Waals surface area (Å²) in [6, 6.07) is 8.34. The van der Waals surface area contributed by atoms with Gasteiger partial charge in [-0.2, -0.15) is 13.2 Å². The van der Waals surface area contributed by atoms with Crippen LogP contribution in [0, 0.1) is 5.92 Å². The van der Waals surface area contributed by atoms with E-state index in [-0.39, 0.29) is 24.2 Å². The topological polar surface area (TPSA) is 62.6 Å². The standard InChI is InChI=1S/C20H21F3N2O3/c21-20(22,23)16-4-1-3-14(11-16)12-18(26)25-8-6-15(7-9-25)19(27)24-13-17-5-2-10-28-17/h1-5,10-11,15H,6-9,12-13H2,(H,24,27). The minimum Gasteiger partial charge on any atom is -0.467 e. The number of carbonyl (C=O) groups excluding carboxylic acids is 2. The van der Waals surface area contributed by atoms with Crippen molar-refractivity contribution in [1.82, 2.24) is 10.2 Å². The maximum absolute atomic E-state index is 12.8. The van der Waals surface area contributed by atoms with E-state index in [9.17, 15) is 22.8 Å². The first kappa shape index (κ1) is 20.0. The van der Waals surface area contributed by atoms with Crippen molar-refractivity contribution in [2.75, 3.05) is 13.1 Å². The number of hydrogen-bond acceptors (Lipinski definition) is 3. The van der Waals surface area contributed by atoms with Gasteiger partial charge in [-0.05, 0) is 36.6 Å². The van der Waals surface area contributed by atoms with Crippen LogP contribution < -0.4 is 5.32 Å². The summed E-state index contributed by atoms with van der Waals surface area (Å²) in [7, 11) is 0. The van der Waals surface area contributed by atoms with Gasteiger partial charge in [-0.3, -0.25) is 9.59 Å². The minimum absolute atomic E-state index is 0.0821. The summed E-state index contributed by atoms with van der Waals surface area (Å²) in [6.45, 7) is 1.15. The van der Waals surface area contributed by atoms with Crippen molar-refractivity contribution in [3.63, 3.8) is 0 Å².